The van der Waals surface area contributed by atoms with Crippen molar-refractivity contribution in [3.8, 4) is 0 Å². The Morgan fingerprint density at radius 2 is 2.67 bits per heavy atom. The molecule has 0 unspecified atom stereocenters. The molecule has 6 heteroatoms. The second-order valence-corrected chi connectivity index (χ2v) is 2.47. The third kappa shape index (κ3) is 2.03. The van der Waals surface area contributed by atoms with Crippen LogP contribution in [0.25, 0.3) is 0 Å². The van der Waals surface area contributed by atoms with E-state index in [4.69, 9.17) is 5.73 Å². The fourth-order valence-electron chi connectivity index (χ4n) is 0.668. The van der Waals surface area contributed by atoms with Crippen LogP contribution >= 0.6 is 0 Å². The summed E-state index contributed by atoms with van der Waals surface area (Å²) in [5.74, 6) is -0.262. The topological polar surface area (TPSA) is 96.7 Å². The Hall–Kier alpha value is -1.43. The highest BCUT2D eigenvalue weighted by Gasteiger charge is 2.10. The number of nitrogens with zero attached hydrogens (tertiary/aromatic N) is 2. The largest absolute Gasteiger partial charge is 0.347 e. The van der Waals surface area contributed by atoms with Crippen LogP contribution < -0.4 is 11.1 Å². The van der Waals surface area contributed by atoms with Gasteiger partial charge in [0.05, 0.1) is 6.20 Å². The minimum atomic E-state index is -0.262. The smallest absolute Gasteiger partial charge is 0.273 e. The Bertz CT molecular complexity index is 244. The maximum Gasteiger partial charge on any atom is 0.273 e. The molecule has 12 heavy (non-hydrogen) atoms. The van der Waals surface area contributed by atoms with Gasteiger partial charge in [-0.05, 0) is 6.92 Å². The summed E-state index contributed by atoms with van der Waals surface area (Å²) in [6, 6.07) is -0.0470. The molecule has 0 aliphatic carbocycles. The van der Waals surface area contributed by atoms with E-state index < -0.39 is 0 Å². The molecule has 6 nitrogen and oxygen atoms in total. The van der Waals surface area contributed by atoms with Crippen LogP contribution in [0.4, 0.5) is 0 Å². The van der Waals surface area contributed by atoms with Crippen LogP contribution in [0.2, 0.25) is 0 Å². The molecule has 1 aromatic rings. The van der Waals surface area contributed by atoms with E-state index in [0.717, 1.165) is 0 Å². The predicted octanol–water partition coefficient (Wildman–Crippen LogP) is -1.12. The molecule has 0 aliphatic heterocycles. The van der Waals surface area contributed by atoms with Gasteiger partial charge in [0.2, 0.25) is 0 Å². The fourth-order valence-corrected chi connectivity index (χ4v) is 0.668. The number of rotatable bonds is 3. The van der Waals surface area contributed by atoms with Crippen molar-refractivity contribution >= 4 is 5.91 Å². The van der Waals surface area contributed by atoms with Gasteiger partial charge in [-0.2, -0.15) is 15.4 Å². The van der Waals surface area contributed by atoms with Gasteiger partial charge in [0.15, 0.2) is 5.69 Å². The van der Waals surface area contributed by atoms with Crippen LogP contribution in [0.3, 0.4) is 0 Å². The van der Waals surface area contributed by atoms with Crippen LogP contribution in [0.15, 0.2) is 6.20 Å². The summed E-state index contributed by atoms with van der Waals surface area (Å²) in [6.07, 6.45) is 1.36. The van der Waals surface area contributed by atoms with Crippen molar-refractivity contribution in [2.75, 3.05) is 6.54 Å². The first-order valence-corrected chi connectivity index (χ1v) is 3.60. The van der Waals surface area contributed by atoms with Crippen molar-refractivity contribution in [3.63, 3.8) is 0 Å². The van der Waals surface area contributed by atoms with Gasteiger partial charge in [0.25, 0.3) is 5.91 Å². The molecule has 66 valence electrons. The zero-order chi connectivity index (χ0) is 8.97. The van der Waals surface area contributed by atoms with Crippen LogP contribution in [0.1, 0.15) is 17.4 Å². The highest BCUT2D eigenvalue weighted by Crippen LogP contribution is 1.89. The number of H-pyrrole nitrogens is 1. The second kappa shape index (κ2) is 3.82. The molecule has 0 aliphatic rings. The minimum absolute atomic E-state index is 0.0470. The predicted molar refractivity (Wildman–Crippen MR) is 42.4 cm³/mol. The summed E-state index contributed by atoms with van der Waals surface area (Å²) in [7, 11) is 0. The molecule has 0 radical (unpaired) electrons. The van der Waals surface area contributed by atoms with E-state index in [1.54, 1.807) is 0 Å². The lowest BCUT2D eigenvalue weighted by atomic mass is 10.3. The zero-order valence-electron chi connectivity index (χ0n) is 6.74. The first kappa shape index (κ1) is 8.66. The molecule has 0 aromatic carbocycles. The standard InChI is InChI=1S/C6H11N5O/c1-4(2-7)9-6(12)5-3-8-11-10-5/h3-4H,2,7H2,1H3,(H,9,12)(H,8,10,11)/t4-/m1/s1. The highest BCUT2D eigenvalue weighted by atomic mass is 16.2. The number of hydrogen-bond acceptors (Lipinski definition) is 4. The SMILES string of the molecule is C[C@H](CN)NC(=O)c1cn[nH]n1. The Balaban J connectivity index is 2.50. The molecule has 1 heterocycles. The first-order chi connectivity index (χ1) is 5.74. The summed E-state index contributed by atoms with van der Waals surface area (Å²) in [5.41, 5.74) is 5.59. The van der Waals surface area contributed by atoms with Crippen LogP contribution in [-0.4, -0.2) is 33.9 Å². The number of amides is 1. The molecule has 0 saturated carbocycles. The molecular formula is C6H11N5O. The number of hydrogen-bond donors (Lipinski definition) is 3. The summed E-state index contributed by atoms with van der Waals surface area (Å²) in [5, 5.41) is 12.1. The van der Waals surface area contributed by atoms with Crippen molar-refractivity contribution < 1.29 is 4.79 Å². The summed E-state index contributed by atoms with van der Waals surface area (Å²) in [6.45, 7) is 2.22. The van der Waals surface area contributed by atoms with E-state index in [1.807, 2.05) is 6.92 Å². The minimum Gasteiger partial charge on any atom is -0.347 e. The molecule has 1 rings (SSSR count). The monoisotopic (exact) mass is 169 g/mol. The molecule has 4 N–H and O–H groups in total. The van der Waals surface area contributed by atoms with Gasteiger partial charge >= 0.3 is 0 Å². The summed E-state index contributed by atoms with van der Waals surface area (Å²) < 4.78 is 0. The van der Waals surface area contributed by atoms with Crippen LogP contribution in [0, 0.1) is 0 Å². The third-order valence-electron chi connectivity index (χ3n) is 1.38. The normalized spacial score (nSPS) is 12.5. The van der Waals surface area contributed by atoms with Crippen molar-refractivity contribution in [2.24, 2.45) is 5.73 Å². The molecule has 1 aromatic heterocycles. The van der Waals surface area contributed by atoms with Gasteiger partial charge in [-0.1, -0.05) is 0 Å². The van der Waals surface area contributed by atoms with E-state index in [0.29, 0.717) is 6.54 Å². The number of nitrogens with two attached hydrogens (primary N) is 1. The Kier molecular flexibility index (Phi) is 2.76. The number of carbonyl (C=O) groups is 1. The van der Waals surface area contributed by atoms with E-state index in [2.05, 4.69) is 20.7 Å². The Labute approximate surface area is 69.5 Å². The number of aromatic nitrogens is 3. The Morgan fingerprint density at radius 1 is 1.92 bits per heavy atom. The molecule has 0 saturated heterocycles. The van der Waals surface area contributed by atoms with Crippen molar-refractivity contribution in [1.29, 1.82) is 0 Å². The Morgan fingerprint density at radius 3 is 3.17 bits per heavy atom. The maximum atomic E-state index is 11.2. The molecule has 0 fully saturated rings. The van der Waals surface area contributed by atoms with Gasteiger partial charge in [-0.3, -0.25) is 4.79 Å². The molecule has 1 amide bonds. The maximum absolute atomic E-state index is 11.2. The van der Waals surface area contributed by atoms with Crippen molar-refractivity contribution in [1.82, 2.24) is 20.7 Å². The van der Waals surface area contributed by atoms with Gasteiger partial charge < -0.3 is 11.1 Å². The lowest BCUT2D eigenvalue weighted by molar-refractivity contribution is 0.0936. The summed E-state index contributed by atoms with van der Waals surface area (Å²) in [4.78, 5) is 11.2. The van der Waals surface area contributed by atoms with Gasteiger partial charge in [0, 0.05) is 12.6 Å². The van der Waals surface area contributed by atoms with Gasteiger partial charge in [0.1, 0.15) is 0 Å². The fraction of sp³-hybridized carbons (Fsp3) is 0.500. The van der Waals surface area contributed by atoms with Gasteiger partial charge in [-0.15, -0.1) is 0 Å². The lowest BCUT2D eigenvalue weighted by Crippen LogP contribution is -2.37. The van der Waals surface area contributed by atoms with Crippen molar-refractivity contribution in [2.45, 2.75) is 13.0 Å². The van der Waals surface area contributed by atoms with E-state index in [9.17, 15) is 4.79 Å². The van der Waals surface area contributed by atoms with E-state index in [1.165, 1.54) is 6.20 Å². The molecule has 0 spiro atoms. The highest BCUT2D eigenvalue weighted by molar-refractivity contribution is 5.91. The average Bonchev–Trinajstić information content (AvgIpc) is 2.56. The lowest BCUT2D eigenvalue weighted by Gasteiger charge is -2.08. The van der Waals surface area contributed by atoms with Crippen LogP contribution in [-0.2, 0) is 0 Å². The zero-order valence-corrected chi connectivity index (χ0v) is 6.74. The quantitative estimate of drug-likeness (QED) is 0.534. The van der Waals surface area contributed by atoms with E-state index in [-0.39, 0.29) is 17.6 Å². The number of aromatic amines is 1. The molecule has 0 bridgehead atoms. The van der Waals surface area contributed by atoms with Crippen LogP contribution in [0.5, 0.6) is 0 Å². The third-order valence-corrected chi connectivity index (χ3v) is 1.38. The molecular weight excluding hydrogens is 158 g/mol. The van der Waals surface area contributed by atoms with E-state index >= 15 is 0 Å². The number of nitrogens with one attached hydrogen (secondary N) is 2. The first-order valence-electron chi connectivity index (χ1n) is 3.60. The summed E-state index contributed by atoms with van der Waals surface area (Å²) >= 11 is 0. The number of carbonyl (C=O) groups excluding carboxylic acids is 1. The average molecular weight is 169 g/mol. The molecule has 1 atom stereocenters. The van der Waals surface area contributed by atoms with Crippen molar-refractivity contribution in [3.05, 3.63) is 11.9 Å². The second-order valence-electron chi connectivity index (χ2n) is 2.47. The van der Waals surface area contributed by atoms with Gasteiger partial charge in [-0.25, -0.2) is 0 Å².